The Morgan fingerprint density at radius 1 is 0.960 bits per heavy atom. The molecule has 144 valence electrons. The lowest BCUT2D eigenvalue weighted by atomic mass is 9.88. The van der Waals surface area contributed by atoms with Gasteiger partial charge in [-0.15, -0.1) is 0 Å². The Morgan fingerprint density at radius 3 is 2.12 bits per heavy atom. The highest BCUT2D eigenvalue weighted by atomic mass is 16.5. The van der Waals surface area contributed by atoms with Crippen LogP contribution >= 0.6 is 0 Å². The van der Waals surface area contributed by atoms with Crippen molar-refractivity contribution in [1.82, 2.24) is 5.32 Å². The first kappa shape index (κ1) is 21.5. The molecule has 0 saturated heterocycles. The molecule has 0 unspecified atom stereocenters. The van der Waals surface area contributed by atoms with Gasteiger partial charge in [-0.25, -0.2) is 0 Å². The molecule has 1 N–H and O–H groups in total. The van der Waals surface area contributed by atoms with Gasteiger partial charge < -0.3 is 14.8 Å². The van der Waals surface area contributed by atoms with E-state index < -0.39 is 11.9 Å². The molecular weight excluding hydrogens is 322 g/mol. The number of nitrogens with one attached hydrogen (secondary N) is 1. The number of esters is 2. The summed E-state index contributed by atoms with van der Waals surface area (Å²) in [5.74, 6) is -0.547. The smallest absolute Gasteiger partial charge is 0.306 e. The first-order chi connectivity index (χ1) is 11.8. The fourth-order valence-electron chi connectivity index (χ4n) is 2.85. The monoisotopic (exact) mass is 355 g/mol. The summed E-state index contributed by atoms with van der Waals surface area (Å²) in [7, 11) is 0. The van der Waals surface area contributed by atoms with Crippen LogP contribution in [0.25, 0.3) is 0 Å². The molecule has 1 aliphatic rings. The molecule has 1 aliphatic carbocycles. The number of carbonyl (C=O) groups excluding carboxylic acids is 3. The standard InChI is InChI=1S/C19H33NO5/c1-13(2)16(20-19(23)15-8-6-5-7-9-15)12-24-17(21)10-11-18(22)25-14(3)4/h13-16H,5-12H2,1-4H3,(H,20,23)/t16-/m1/s1. The zero-order valence-electron chi connectivity index (χ0n) is 16.0. The predicted molar refractivity (Wildman–Crippen MR) is 94.8 cm³/mol. The summed E-state index contributed by atoms with van der Waals surface area (Å²) in [4.78, 5) is 35.6. The molecule has 25 heavy (non-hydrogen) atoms. The molecule has 0 aromatic rings. The third-order valence-electron chi connectivity index (χ3n) is 4.43. The van der Waals surface area contributed by atoms with E-state index in [0.717, 1.165) is 25.7 Å². The van der Waals surface area contributed by atoms with Crippen molar-refractivity contribution in [2.24, 2.45) is 11.8 Å². The van der Waals surface area contributed by atoms with Crippen LogP contribution in [0.1, 0.15) is 72.6 Å². The maximum Gasteiger partial charge on any atom is 0.306 e. The highest BCUT2D eigenvalue weighted by Crippen LogP contribution is 2.24. The Kier molecular flexibility index (Phi) is 9.53. The van der Waals surface area contributed by atoms with Gasteiger partial charge in [0.1, 0.15) is 6.61 Å². The second-order valence-corrected chi connectivity index (χ2v) is 7.42. The minimum Gasteiger partial charge on any atom is -0.463 e. The van der Waals surface area contributed by atoms with Gasteiger partial charge in [0.15, 0.2) is 0 Å². The zero-order valence-corrected chi connectivity index (χ0v) is 16.0. The van der Waals surface area contributed by atoms with Gasteiger partial charge in [-0.3, -0.25) is 14.4 Å². The van der Waals surface area contributed by atoms with Crippen LogP contribution < -0.4 is 5.32 Å². The number of rotatable bonds is 9. The van der Waals surface area contributed by atoms with E-state index >= 15 is 0 Å². The number of ether oxygens (including phenoxy) is 2. The normalized spacial score (nSPS) is 16.6. The van der Waals surface area contributed by atoms with Crippen molar-refractivity contribution in [1.29, 1.82) is 0 Å². The maximum atomic E-state index is 12.4. The van der Waals surface area contributed by atoms with E-state index in [9.17, 15) is 14.4 Å². The van der Waals surface area contributed by atoms with Crippen molar-refractivity contribution in [3.8, 4) is 0 Å². The minimum atomic E-state index is -0.446. The molecule has 0 aliphatic heterocycles. The van der Waals surface area contributed by atoms with Crippen LogP contribution in [-0.2, 0) is 23.9 Å². The van der Waals surface area contributed by atoms with E-state index in [0.29, 0.717) is 0 Å². The lowest BCUT2D eigenvalue weighted by Gasteiger charge is -2.26. The highest BCUT2D eigenvalue weighted by Gasteiger charge is 2.25. The average molecular weight is 355 g/mol. The molecule has 1 amide bonds. The van der Waals surface area contributed by atoms with Gasteiger partial charge in [-0.1, -0.05) is 33.1 Å². The second kappa shape index (κ2) is 11.1. The van der Waals surface area contributed by atoms with Gasteiger partial charge in [-0.05, 0) is 32.6 Å². The van der Waals surface area contributed by atoms with Crippen molar-refractivity contribution in [2.75, 3.05) is 6.61 Å². The maximum absolute atomic E-state index is 12.4. The lowest BCUT2D eigenvalue weighted by Crippen LogP contribution is -2.45. The Labute approximate surface area is 151 Å². The summed E-state index contributed by atoms with van der Waals surface area (Å²) in [5, 5.41) is 3.02. The molecule has 1 atom stereocenters. The van der Waals surface area contributed by atoms with E-state index in [4.69, 9.17) is 9.47 Å². The van der Waals surface area contributed by atoms with Crippen LogP contribution in [0, 0.1) is 11.8 Å². The van der Waals surface area contributed by atoms with Gasteiger partial charge in [0, 0.05) is 5.92 Å². The van der Waals surface area contributed by atoms with E-state index in [2.05, 4.69) is 5.32 Å². The number of carbonyl (C=O) groups is 3. The van der Waals surface area contributed by atoms with Crippen LogP contribution in [0.5, 0.6) is 0 Å². The summed E-state index contributed by atoms with van der Waals surface area (Å²) in [6, 6.07) is -0.207. The fraction of sp³-hybridized carbons (Fsp3) is 0.842. The molecule has 1 fully saturated rings. The van der Waals surface area contributed by atoms with Crippen molar-refractivity contribution in [3.05, 3.63) is 0 Å². The van der Waals surface area contributed by atoms with Crippen molar-refractivity contribution in [2.45, 2.75) is 84.8 Å². The molecule has 0 heterocycles. The Balaban J connectivity index is 2.35. The summed E-state index contributed by atoms with van der Waals surface area (Å²) >= 11 is 0. The number of amides is 1. The topological polar surface area (TPSA) is 81.7 Å². The van der Waals surface area contributed by atoms with Crippen molar-refractivity contribution in [3.63, 3.8) is 0 Å². The molecular formula is C19H33NO5. The Morgan fingerprint density at radius 2 is 1.56 bits per heavy atom. The molecule has 0 radical (unpaired) electrons. The number of hydrogen-bond acceptors (Lipinski definition) is 5. The van der Waals surface area contributed by atoms with E-state index in [1.165, 1.54) is 6.42 Å². The van der Waals surface area contributed by atoms with E-state index in [1.54, 1.807) is 13.8 Å². The molecule has 1 rings (SSSR count). The molecule has 1 saturated carbocycles. The molecule has 0 bridgehead atoms. The predicted octanol–water partition coefficient (Wildman–Crippen LogP) is 2.98. The van der Waals surface area contributed by atoms with Gasteiger partial charge >= 0.3 is 11.9 Å². The van der Waals surface area contributed by atoms with Gasteiger partial charge in [0.2, 0.25) is 5.91 Å². The SMILES string of the molecule is CC(C)OC(=O)CCC(=O)OC[C@@H](NC(=O)C1CCCCC1)C(C)C. The second-order valence-electron chi connectivity index (χ2n) is 7.42. The third-order valence-corrected chi connectivity index (χ3v) is 4.43. The van der Waals surface area contributed by atoms with Crippen molar-refractivity contribution < 1.29 is 23.9 Å². The van der Waals surface area contributed by atoms with Gasteiger partial charge in [0.05, 0.1) is 25.0 Å². The first-order valence-corrected chi connectivity index (χ1v) is 9.45. The summed E-state index contributed by atoms with van der Waals surface area (Å²) in [6.07, 6.45) is 5.10. The summed E-state index contributed by atoms with van der Waals surface area (Å²) in [5.41, 5.74) is 0. The first-order valence-electron chi connectivity index (χ1n) is 9.45. The fourth-order valence-corrected chi connectivity index (χ4v) is 2.85. The van der Waals surface area contributed by atoms with Gasteiger partial charge in [0.25, 0.3) is 0 Å². The minimum absolute atomic E-state index is 0.00700. The highest BCUT2D eigenvalue weighted by molar-refractivity contribution is 5.79. The molecule has 0 spiro atoms. The quantitative estimate of drug-likeness (QED) is 0.643. The van der Waals surface area contributed by atoms with Crippen LogP contribution in [0.2, 0.25) is 0 Å². The lowest BCUT2D eigenvalue weighted by molar-refractivity contribution is -0.153. The Bertz CT molecular complexity index is 441. The molecule has 6 nitrogen and oxygen atoms in total. The summed E-state index contributed by atoms with van der Waals surface area (Å²) in [6.45, 7) is 7.63. The molecule has 0 aromatic carbocycles. The van der Waals surface area contributed by atoms with Crippen molar-refractivity contribution >= 4 is 17.8 Å². The van der Waals surface area contributed by atoms with Crippen LogP contribution in [0.15, 0.2) is 0 Å². The van der Waals surface area contributed by atoms with Crippen LogP contribution in [0.3, 0.4) is 0 Å². The zero-order chi connectivity index (χ0) is 18.8. The average Bonchev–Trinajstić information content (AvgIpc) is 2.56. The van der Waals surface area contributed by atoms with Gasteiger partial charge in [-0.2, -0.15) is 0 Å². The van der Waals surface area contributed by atoms with Crippen LogP contribution in [0.4, 0.5) is 0 Å². The van der Waals surface area contributed by atoms with Crippen LogP contribution in [-0.4, -0.2) is 36.6 Å². The molecule has 0 aromatic heterocycles. The largest absolute Gasteiger partial charge is 0.463 e. The summed E-state index contributed by atoms with van der Waals surface area (Å²) < 4.78 is 10.2. The molecule has 6 heteroatoms. The third kappa shape index (κ3) is 8.89. The Hall–Kier alpha value is -1.59. The number of hydrogen-bond donors (Lipinski definition) is 1. The van der Waals surface area contributed by atoms with E-state index in [1.807, 2.05) is 13.8 Å². The van der Waals surface area contributed by atoms with E-state index in [-0.39, 0.29) is 49.3 Å².